The molecule has 4 heterocycles. The van der Waals surface area contributed by atoms with Crippen molar-refractivity contribution in [2.75, 3.05) is 0 Å². The fourth-order valence-corrected chi connectivity index (χ4v) is 7.34. The first-order chi connectivity index (χ1) is 24.3. The number of nitriles is 1. The zero-order chi connectivity index (χ0) is 34.1. The van der Waals surface area contributed by atoms with E-state index >= 15 is 0 Å². The Kier molecular flexibility index (Phi) is 7.78. The summed E-state index contributed by atoms with van der Waals surface area (Å²) in [5, 5.41) is 14.6. The van der Waals surface area contributed by atoms with Gasteiger partial charge in [0.05, 0.1) is 16.6 Å². The van der Waals surface area contributed by atoms with E-state index in [1.807, 2.05) is 36.7 Å². The van der Waals surface area contributed by atoms with Crippen molar-refractivity contribution < 1.29 is 21.1 Å². The van der Waals surface area contributed by atoms with Crippen LogP contribution in [0.5, 0.6) is 0 Å². The molecule has 0 saturated carbocycles. The maximum atomic E-state index is 11.0. The van der Waals surface area contributed by atoms with Gasteiger partial charge in [-0.15, -0.1) is 29.8 Å². The molecule has 250 valence electrons. The Labute approximate surface area is 310 Å². The molecule has 9 rings (SSSR count). The van der Waals surface area contributed by atoms with Gasteiger partial charge < -0.3 is 4.57 Å². The van der Waals surface area contributed by atoms with Crippen LogP contribution in [-0.2, 0) is 26.5 Å². The first-order valence-corrected chi connectivity index (χ1v) is 16.8. The molecule has 51 heavy (non-hydrogen) atoms. The van der Waals surface area contributed by atoms with Gasteiger partial charge >= 0.3 is 0 Å². The van der Waals surface area contributed by atoms with Crippen molar-refractivity contribution in [3.05, 3.63) is 150 Å². The van der Waals surface area contributed by atoms with E-state index in [0.29, 0.717) is 22.8 Å². The molecule has 0 aliphatic rings. The van der Waals surface area contributed by atoms with Crippen LogP contribution >= 0.6 is 0 Å². The summed E-state index contributed by atoms with van der Waals surface area (Å²) in [4.78, 5) is 10.4. The Balaban J connectivity index is 0.00000374. The molecule has 0 unspecified atom stereocenters. The van der Waals surface area contributed by atoms with Crippen molar-refractivity contribution in [3.63, 3.8) is 0 Å². The van der Waals surface area contributed by atoms with Crippen molar-refractivity contribution in [3.8, 4) is 34.5 Å². The normalized spacial score (nSPS) is 11.7. The van der Waals surface area contributed by atoms with Crippen molar-refractivity contribution in [2.24, 2.45) is 0 Å². The Morgan fingerprint density at radius 2 is 1.33 bits per heavy atom. The quantitative estimate of drug-likeness (QED) is 0.166. The van der Waals surface area contributed by atoms with Gasteiger partial charge in [-0.3, -0.25) is 9.13 Å². The van der Waals surface area contributed by atoms with Crippen LogP contribution in [0.4, 0.5) is 0 Å². The van der Waals surface area contributed by atoms with Gasteiger partial charge in [-0.2, -0.15) is 5.26 Å². The summed E-state index contributed by atoms with van der Waals surface area (Å²) in [6, 6.07) is 46.0. The van der Waals surface area contributed by atoms with Crippen LogP contribution in [0.25, 0.3) is 72.3 Å². The number of para-hydroxylation sites is 2. The largest absolute Gasteiger partial charge is 0.312 e. The Morgan fingerprint density at radius 1 is 0.706 bits per heavy atom. The molecule has 0 aliphatic carbocycles. The van der Waals surface area contributed by atoms with Gasteiger partial charge in [-0.05, 0) is 47.9 Å². The van der Waals surface area contributed by atoms with E-state index in [4.69, 9.17) is 9.97 Å². The molecule has 0 radical (unpaired) electrons. The van der Waals surface area contributed by atoms with Crippen molar-refractivity contribution in [2.45, 2.75) is 33.1 Å². The van der Waals surface area contributed by atoms with E-state index in [0.717, 1.165) is 55.1 Å². The monoisotopic (exact) mass is 840 g/mol. The van der Waals surface area contributed by atoms with E-state index in [2.05, 4.69) is 145 Å². The number of hydrogen-bond donors (Lipinski definition) is 0. The number of hydrogen-bond acceptors (Lipinski definition) is 3. The van der Waals surface area contributed by atoms with E-state index in [9.17, 15) is 5.26 Å². The van der Waals surface area contributed by atoms with Crippen molar-refractivity contribution in [1.29, 1.82) is 5.26 Å². The number of fused-ring (bicyclic) bond motifs is 6. The fourth-order valence-electron chi connectivity index (χ4n) is 7.34. The Morgan fingerprint density at radius 3 is 2.00 bits per heavy atom. The van der Waals surface area contributed by atoms with Gasteiger partial charge in [0.2, 0.25) is 5.95 Å². The summed E-state index contributed by atoms with van der Waals surface area (Å²) >= 11 is 0. The van der Waals surface area contributed by atoms with Crippen LogP contribution in [0.3, 0.4) is 0 Å². The van der Waals surface area contributed by atoms with Crippen molar-refractivity contribution >= 4 is 43.9 Å². The minimum atomic E-state index is 0. The SMILES string of the molecule is Cc1ccccc1-c1[c-]c(-n2c3ccccc3c3c(C#N)c4c5ccccc5n(-c5nccn5-c5ccc(C(C)(C)C)cc5)c4nc32)ccc1.[Pt]. The standard InChI is InChI=1S/C44H33N6.Pt/c1-28-12-5-6-15-33(28)29-13-11-14-32(26-29)49-37-18-9-7-16-34(37)39-36(27-45)40-35-17-8-10-19-38(35)50(42(40)47-41(39)49)43-46-24-25-48(43)31-22-20-30(21-23-31)44(2,3)4;/h5-25H,1-4H3;/q-1;. The predicted molar refractivity (Wildman–Crippen MR) is 202 cm³/mol. The second-order valence-corrected chi connectivity index (χ2v) is 13.9. The van der Waals surface area contributed by atoms with Crippen LogP contribution in [-0.4, -0.2) is 23.7 Å². The average Bonchev–Trinajstić information content (AvgIpc) is 3.83. The van der Waals surface area contributed by atoms with Gasteiger partial charge in [0, 0.05) is 60.7 Å². The van der Waals surface area contributed by atoms with Gasteiger partial charge in [0.25, 0.3) is 0 Å². The number of imidazole rings is 1. The molecule has 7 heteroatoms. The number of pyridine rings is 1. The number of aryl methyl sites for hydroxylation is 1. The molecule has 0 saturated heterocycles. The molecule has 0 N–H and O–H groups in total. The third-order valence-electron chi connectivity index (χ3n) is 9.81. The second kappa shape index (κ2) is 12.2. The number of rotatable bonds is 4. The molecule has 0 bridgehead atoms. The molecular formula is C44H33N6Pt-. The van der Waals surface area contributed by atoms with Gasteiger partial charge in [0.15, 0.2) is 5.65 Å². The first-order valence-electron chi connectivity index (χ1n) is 16.8. The summed E-state index contributed by atoms with van der Waals surface area (Å²) < 4.78 is 6.33. The van der Waals surface area contributed by atoms with E-state index in [1.54, 1.807) is 0 Å². The second-order valence-electron chi connectivity index (χ2n) is 13.9. The first kappa shape index (κ1) is 32.4. The molecule has 0 amide bonds. The molecule has 9 aromatic rings. The predicted octanol–water partition coefficient (Wildman–Crippen LogP) is 10.4. The molecule has 5 aromatic carbocycles. The molecule has 0 spiro atoms. The van der Waals surface area contributed by atoms with Crippen LogP contribution in [0, 0.1) is 24.3 Å². The number of benzene rings is 5. The molecule has 4 aromatic heterocycles. The maximum Gasteiger partial charge on any atom is 0.220 e. The number of nitrogens with zero attached hydrogens (tertiary/aromatic N) is 6. The van der Waals surface area contributed by atoms with E-state index in [-0.39, 0.29) is 26.5 Å². The smallest absolute Gasteiger partial charge is 0.220 e. The number of aromatic nitrogens is 5. The third-order valence-corrected chi connectivity index (χ3v) is 9.81. The Bertz CT molecular complexity index is 2820. The van der Waals surface area contributed by atoms with E-state index < -0.39 is 0 Å². The summed E-state index contributed by atoms with van der Waals surface area (Å²) in [5.74, 6) is 0.700. The zero-order valence-corrected chi connectivity index (χ0v) is 30.9. The van der Waals surface area contributed by atoms with Gasteiger partial charge in [0.1, 0.15) is 11.7 Å². The summed E-state index contributed by atoms with van der Waals surface area (Å²) in [5.41, 5.74) is 10.3. The van der Waals surface area contributed by atoms with Crippen LogP contribution < -0.4 is 0 Å². The van der Waals surface area contributed by atoms with Crippen LogP contribution in [0.2, 0.25) is 0 Å². The molecule has 0 atom stereocenters. The zero-order valence-electron chi connectivity index (χ0n) is 28.6. The molecule has 0 aliphatic heterocycles. The fraction of sp³-hybridized carbons (Fsp3) is 0.114. The summed E-state index contributed by atoms with van der Waals surface area (Å²) in [7, 11) is 0. The summed E-state index contributed by atoms with van der Waals surface area (Å²) in [6.07, 6.45) is 3.80. The Hall–Kier alpha value is -5.76. The molecule has 6 nitrogen and oxygen atoms in total. The van der Waals surface area contributed by atoms with Crippen molar-refractivity contribution in [1.82, 2.24) is 23.7 Å². The topological polar surface area (TPSA) is 64.4 Å². The average molecular weight is 841 g/mol. The molecular weight excluding hydrogens is 808 g/mol. The molecule has 0 fully saturated rings. The minimum Gasteiger partial charge on any atom is -0.312 e. The van der Waals surface area contributed by atoms with Gasteiger partial charge in [-0.1, -0.05) is 105 Å². The van der Waals surface area contributed by atoms with Crippen LogP contribution in [0.15, 0.2) is 128 Å². The third kappa shape index (κ3) is 5.03. The maximum absolute atomic E-state index is 11.0. The van der Waals surface area contributed by atoms with Gasteiger partial charge in [-0.25, -0.2) is 9.97 Å². The van der Waals surface area contributed by atoms with E-state index in [1.165, 1.54) is 11.1 Å². The van der Waals surface area contributed by atoms with Crippen LogP contribution in [0.1, 0.15) is 37.5 Å². The summed E-state index contributed by atoms with van der Waals surface area (Å²) in [6.45, 7) is 8.78. The minimum absolute atomic E-state index is 0.